The molecule has 1 N–H and O–H groups in total. The molecule has 0 unspecified atom stereocenters. The van der Waals surface area contributed by atoms with E-state index in [1.807, 2.05) is 44.3 Å². The van der Waals surface area contributed by atoms with Crippen molar-refractivity contribution >= 4 is 43.8 Å². The monoisotopic (exact) mass is 445 g/mol. The number of nitriles is 1. The standard InChI is InChI=1S/C23H16ClN5OS/c1-3-19-16-8-12(4-6-15(16)23(30)28-27-19)18-11-26-29(2)21(18)22-17(10-25)14-7-5-13(24)9-20(14)31-22/h4-9,11H,3H2,1-2H3,(H,28,30). The molecule has 0 aliphatic heterocycles. The summed E-state index contributed by atoms with van der Waals surface area (Å²) in [6.07, 6.45) is 2.49. The Balaban J connectivity index is 1.78. The van der Waals surface area contributed by atoms with Gasteiger partial charge in [-0.2, -0.15) is 15.5 Å². The fraction of sp³-hybridized carbons (Fsp3) is 0.130. The van der Waals surface area contributed by atoms with E-state index in [9.17, 15) is 10.1 Å². The molecule has 3 heterocycles. The Labute approximate surface area is 186 Å². The number of fused-ring (bicyclic) bond motifs is 2. The molecular formula is C23H16ClN5OS. The molecule has 0 saturated heterocycles. The van der Waals surface area contributed by atoms with Crippen LogP contribution in [0.25, 0.3) is 42.6 Å². The third-order valence-corrected chi connectivity index (χ3v) is 6.83. The Morgan fingerprint density at radius 1 is 1.19 bits per heavy atom. The highest BCUT2D eigenvalue weighted by molar-refractivity contribution is 7.22. The number of rotatable bonds is 3. The molecule has 0 saturated carbocycles. The van der Waals surface area contributed by atoms with Gasteiger partial charge in [-0.05, 0) is 36.2 Å². The summed E-state index contributed by atoms with van der Waals surface area (Å²) in [7, 11) is 1.86. The highest BCUT2D eigenvalue weighted by Crippen LogP contribution is 2.43. The summed E-state index contributed by atoms with van der Waals surface area (Å²) < 4.78 is 2.73. The molecule has 0 radical (unpaired) electrons. The molecule has 2 aromatic carbocycles. The minimum absolute atomic E-state index is 0.210. The van der Waals surface area contributed by atoms with E-state index in [-0.39, 0.29) is 5.56 Å². The highest BCUT2D eigenvalue weighted by atomic mass is 35.5. The molecule has 0 aliphatic carbocycles. The summed E-state index contributed by atoms with van der Waals surface area (Å²) in [5, 5.41) is 24.1. The molecule has 8 heteroatoms. The number of nitrogens with one attached hydrogen (secondary N) is 1. The van der Waals surface area contributed by atoms with E-state index in [4.69, 9.17) is 11.6 Å². The van der Waals surface area contributed by atoms with Crippen molar-refractivity contribution in [3.8, 4) is 27.8 Å². The number of aryl methyl sites for hydroxylation is 2. The molecule has 0 aliphatic rings. The minimum Gasteiger partial charge on any atom is -0.267 e. The van der Waals surface area contributed by atoms with Gasteiger partial charge in [-0.3, -0.25) is 9.48 Å². The van der Waals surface area contributed by atoms with Crippen molar-refractivity contribution in [2.75, 3.05) is 0 Å². The van der Waals surface area contributed by atoms with Crippen molar-refractivity contribution in [2.45, 2.75) is 13.3 Å². The van der Waals surface area contributed by atoms with Gasteiger partial charge in [-0.25, -0.2) is 5.10 Å². The number of hydrogen-bond acceptors (Lipinski definition) is 5. The molecule has 5 rings (SSSR count). The fourth-order valence-corrected chi connectivity index (χ4v) is 5.44. The van der Waals surface area contributed by atoms with Crippen molar-refractivity contribution in [2.24, 2.45) is 7.05 Å². The van der Waals surface area contributed by atoms with Crippen molar-refractivity contribution in [3.05, 3.63) is 69.2 Å². The summed E-state index contributed by atoms with van der Waals surface area (Å²) in [5.74, 6) is 0. The first-order valence-electron chi connectivity index (χ1n) is 9.68. The molecule has 31 heavy (non-hydrogen) atoms. The summed E-state index contributed by atoms with van der Waals surface area (Å²) in [5.41, 5.74) is 3.88. The second-order valence-corrected chi connectivity index (χ2v) is 8.69. The maximum atomic E-state index is 12.2. The van der Waals surface area contributed by atoms with Gasteiger partial charge in [-0.1, -0.05) is 30.7 Å². The third kappa shape index (κ3) is 3.03. The number of H-pyrrole nitrogens is 1. The van der Waals surface area contributed by atoms with Crippen molar-refractivity contribution in [1.29, 1.82) is 5.26 Å². The van der Waals surface area contributed by atoms with E-state index < -0.39 is 0 Å². The zero-order valence-electron chi connectivity index (χ0n) is 16.7. The lowest BCUT2D eigenvalue weighted by molar-refractivity contribution is 0.777. The van der Waals surface area contributed by atoms with Gasteiger partial charge in [0.05, 0.1) is 33.4 Å². The lowest BCUT2D eigenvalue weighted by atomic mass is 9.99. The van der Waals surface area contributed by atoms with Crippen molar-refractivity contribution in [1.82, 2.24) is 20.0 Å². The van der Waals surface area contributed by atoms with E-state index in [2.05, 4.69) is 21.4 Å². The molecule has 6 nitrogen and oxygen atoms in total. The Morgan fingerprint density at radius 3 is 2.77 bits per heavy atom. The van der Waals surface area contributed by atoms with Crippen LogP contribution in [-0.4, -0.2) is 20.0 Å². The SMILES string of the molecule is CCc1n[nH]c(=O)c2ccc(-c3cnn(C)c3-c3sc4cc(Cl)ccc4c3C#N)cc12. The number of hydrogen-bond donors (Lipinski definition) is 1. The van der Waals surface area contributed by atoms with E-state index in [1.165, 1.54) is 11.3 Å². The molecule has 0 amide bonds. The van der Waals surface area contributed by atoms with E-state index in [1.54, 1.807) is 16.9 Å². The van der Waals surface area contributed by atoms with Gasteiger partial charge < -0.3 is 0 Å². The zero-order valence-corrected chi connectivity index (χ0v) is 18.3. The second kappa shape index (κ2) is 7.34. The van der Waals surface area contributed by atoms with Gasteiger partial charge in [0.1, 0.15) is 6.07 Å². The zero-order chi connectivity index (χ0) is 21.7. The van der Waals surface area contributed by atoms with E-state index >= 15 is 0 Å². The van der Waals surface area contributed by atoms with E-state index in [0.717, 1.165) is 42.9 Å². The van der Waals surface area contributed by atoms with Gasteiger partial charge >= 0.3 is 0 Å². The molecule has 0 atom stereocenters. The number of aromatic nitrogens is 4. The van der Waals surface area contributed by atoms with Gasteiger partial charge in [0.25, 0.3) is 5.56 Å². The molecule has 5 aromatic rings. The Bertz CT molecular complexity index is 1590. The maximum absolute atomic E-state index is 12.2. The number of thiophene rings is 1. The number of aromatic amines is 1. The normalized spacial score (nSPS) is 11.3. The third-order valence-electron chi connectivity index (χ3n) is 5.43. The summed E-state index contributed by atoms with van der Waals surface area (Å²) in [4.78, 5) is 13.1. The van der Waals surface area contributed by atoms with Crippen LogP contribution in [-0.2, 0) is 13.5 Å². The van der Waals surface area contributed by atoms with Gasteiger partial charge in [0.15, 0.2) is 0 Å². The lowest BCUT2D eigenvalue weighted by Crippen LogP contribution is -2.10. The summed E-state index contributed by atoms with van der Waals surface area (Å²) in [6, 6.07) is 13.6. The smallest absolute Gasteiger partial charge is 0.267 e. The molecular weight excluding hydrogens is 430 g/mol. The number of benzene rings is 2. The van der Waals surface area contributed by atoms with Gasteiger partial charge in [0, 0.05) is 33.1 Å². The first-order chi connectivity index (χ1) is 15.0. The Morgan fingerprint density at radius 2 is 2.00 bits per heavy atom. The maximum Gasteiger partial charge on any atom is 0.272 e. The van der Waals surface area contributed by atoms with Crippen LogP contribution in [0.4, 0.5) is 0 Å². The van der Waals surface area contributed by atoms with Crippen molar-refractivity contribution in [3.63, 3.8) is 0 Å². The Kier molecular flexibility index (Phi) is 4.62. The van der Waals surface area contributed by atoms with Crippen LogP contribution < -0.4 is 5.56 Å². The van der Waals surface area contributed by atoms with Crippen LogP contribution in [0, 0.1) is 11.3 Å². The first kappa shape index (κ1) is 19.5. The number of halogens is 1. The molecule has 152 valence electrons. The highest BCUT2D eigenvalue weighted by Gasteiger charge is 2.21. The fourth-order valence-electron chi connectivity index (χ4n) is 3.92. The minimum atomic E-state index is -0.210. The van der Waals surface area contributed by atoms with Gasteiger partial charge in [-0.15, -0.1) is 11.3 Å². The van der Waals surface area contributed by atoms with E-state index in [0.29, 0.717) is 22.4 Å². The average Bonchev–Trinajstić information content (AvgIpc) is 3.32. The quantitative estimate of drug-likeness (QED) is 0.408. The van der Waals surface area contributed by atoms with Crippen LogP contribution in [0.1, 0.15) is 18.2 Å². The van der Waals surface area contributed by atoms with Crippen molar-refractivity contribution < 1.29 is 0 Å². The summed E-state index contributed by atoms with van der Waals surface area (Å²) in [6.45, 7) is 2.00. The molecule has 0 spiro atoms. The summed E-state index contributed by atoms with van der Waals surface area (Å²) >= 11 is 7.70. The predicted molar refractivity (Wildman–Crippen MR) is 124 cm³/mol. The average molecular weight is 446 g/mol. The largest absolute Gasteiger partial charge is 0.272 e. The molecule has 0 fully saturated rings. The topological polar surface area (TPSA) is 87.4 Å². The lowest BCUT2D eigenvalue weighted by Gasteiger charge is -2.08. The first-order valence-corrected chi connectivity index (χ1v) is 10.9. The predicted octanol–water partition coefficient (Wildman–Crippen LogP) is 5.29. The van der Waals surface area contributed by atoms with Crippen LogP contribution in [0.3, 0.4) is 0 Å². The Hall–Kier alpha value is -3.47. The van der Waals surface area contributed by atoms with Crippen LogP contribution in [0.15, 0.2) is 47.4 Å². The second-order valence-electron chi connectivity index (χ2n) is 7.20. The number of nitrogens with zero attached hydrogens (tertiary/aromatic N) is 4. The molecule has 3 aromatic heterocycles. The van der Waals surface area contributed by atoms with Gasteiger partial charge in [0.2, 0.25) is 0 Å². The van der Waals surface area contributed by atoms with Crippen LogP contribution >= 0.6 is 22.9 Å². The van der Waals surface area contributed by atoms with Crippen LogP contribution in [0.2, 0.25) is 5.02 Å². The van der Waals surface area contributed by atoms with Crippen LogP contribution in [0.5, 0.6) is 0 Å². The molecule has 0 bridgehead atoms.